The third-order valence-corrected chi connectivity index (χ3v) is 12.6. The number of nitrogens with zero attached hydrogens (tertiary/aromatic N) is 4. The van der Waals surface area contributed by atoms with E-state index in [0.717, 1.165) is 32.1 Å². The van der Waals surface area contributed by atoms with Crippen LogP contribution in [0.15, 0.2) is 24.3 Å². The first-order chi connectivity index (χ1) is 20.7. The summed E-state index contributed by atoms with van der Waals surface area (Å²) in [6, 6.07) is 11.0. The van der Waals surface area contributed by atoms with Crippen LogP contribution in [0.3, 0.4) is 0 Å². The Kier molecular flexibility index (Phi) is 7.98. The van der Waals surface area contributed by atoms with E-state index in [-0.39, 0.29) is 0 Å². The molecule has 4 saturated heterocycles. The molecule has 7 heteroatoms. The highest BCUT2D eigenvalue weighted by Gasteiger charge is 2.47. The van der Waals surface area contributed by atoms with Crippen molar-refractivity contribution >= 4 is 27.5 Å². The molecule has 0 radical (unpaired) electrons. The van der Waals surface area contributed by atoms with Gasteiger partial charge < -0.3 is 19.7 Å². The maximum Gasteiger partial charge on any atom is 0.233 e. The summed E-state index contributed by atoms with van der Waals surface area (Å²) in [5.74, 6) is 0.333. The first-order valence-electron chi connectivity index (χ1n) is 16.9. The van der Waals surface area contributed by atoms with Crippen LogP contribution in [0.25, 0.3) is 21.5 Å². The van der Waals surface area contributed by atoms with Gasteiger partial charge >= 0.3 is 0 Å². The molecule has 0 atom stereocenters. The minimum Gasteiger partial charge on any atom is -0.346 e. The molecule has 1 amide bonds. The minimum absolute atomic E-state index is 0.333. The molecule has 4 aliphatic heterocycles. The van der Waals surface area contributed by atoms with E-state index in [9.17, 15) is 4.79 Å². The van der Waals surface area contributed by atoms with Gasteiger partial charge in [0.2, 0.25) is 5.91 Å². The van der Waals surface area contributed by atoms with Gasteiger partial charge in [0.25, 0.3) is 0 Å². The van der Waals surface area contributed by atoms with Crippen LogP contribution in [0.4, 0.5) is 0 Å². The summed E-state index contributed by atoms with van der Waals surface area (Å²) >= 11 is 1.80. The van der Waals surface area contributed by atoms with Gasteiger partial charge in [0.1, 0.15) is 4.83 Å². The van der Waals surface area contributed by atoms with Gasteiger partial charge in [0.15, 0.2) is 0 Å². The fourth-order valence-corrected chi connectivity index (χ4v) is 9.80. The molecule has 2 bridgehead atoms. The number of aryl methyl sites for hydroxylation is 2. The van der Waals surface area contributed by atoms with Gasteiger partial charge in [-0.05, 0) is 122 Å². The summed E-state index contributed by atoms with van der Waals surface area (Å²) in [5, 5.41) is 1.32. The molecule has 3 aromatic rings. The van der Waals surface area contributed by atoms with Crippen LogP contribution in [0.5, 0.6) is 0 Å². The molecule has 6 heterocycles. The normalized spacial score (nSPS) is 24.5. The van der Waals surface area contributed by atoms with Gasteiger partial charge in [-0.1, -0.05) is 17.2 Å². The number of amides is 1. The zero-order chi connectivity index (χ0) is 29.9. The summed E-state index contributed by atoms with van der Waals surface area (Å²) in [5.41, 5.74) is 6.08. The number of thiophene rings is 1. The highest BCUT2D eigenvalue weighted by atomic mass is 32.1. The van der Waals surface area contributed by atoms with Gasteiger partial charge in [-0.15, -0.1) is 11.3 Å². The van der Waals surface area contributed by atoms with E-state index in [1.165, 1.54) is 108 Å². The van der Waals surface area contributed by atoms with E-state index in [1.54, 1.807) is 11.3 Å². The Balaban J connectivity index is 1.13. The molecule has 2 aromatic heterocycles. The summed E-state index contributed by atoms with van der Waals surface area (Å²) in [6.45, 7) is 17.0. The Labute approximate surface area is 262 Å². The zero-order valence-electron chi connectivity index (χ0n) is 27.0. The van der Waals surface area contributed by atoms with Crippen molar-refractivity contribution in [3.8, 4) is 11.3 Å². The Hall–Kier alpha value is -2.19. The maximum absolute atomic E-state index is 14.0. The molecule has 1 aromatic carbocycles. The predicted molar refractivity (Wildman–Crippen MR) is 179 cm³/mol. The van der Waals surface area contributed by atoms with E-state index in [2.05, 4.69) is 83.6 Å². The molecule has 4 aliphatic rings. The molecule has 0 aliphatic carbocycles. The van der Waals surface area contributed by atoms with Crippen molar-refractivity contribution in [2.45, 2.75) is 96.2 Å². The number of likely N-dealkylation sites (tertiary alicyclic amines) is 1. The molecular weight excluding hydrogens is 550 g/mol. The lowest BCUT2D eigenvalue weighted by atomic mass is 9.88. The summed E-state index contributed by atoms with van der Waals surface area (Å²) in [6.07, 6.45) is 8.41. The lowest BCUT2D eigenvalue weighted by Gasteiger charge is -2.42. The number of nitrogens with one attached hydrogen (secondary N) is 1. The molecule has 6 nitrogen and oxygen atoms in total. The van der Waals surface area contributed by atoms with Gasteiger partial charge in [-0.2, -0.15) is 0 Å². The maximum atomic E-state index is 14.0. The van der Waals surface area contributed by atoms with Crippen molar-refractivity contribution < 1.29 is 4.79 Å². The van der Waals surface area contributed by atoms with Gasteiger partial charge in [0, 0.05) is 61.1 Å². The molecule has 232 valence electrons. The molecule has 0 spiro atoms. The molecule has 4 fully saturated rings. The molecule has 0 unspecified atom stereocenters. The number of piperidine rings is 1. The number of fused-ring (bicyclic) bond motifs is 3. The second kappa shape index (κ2) is 11.6. The third-order valence-electron chi connectivity index (χ3n) is 11.2. The SMILES string of the molecule is Cc1cc(C)cc(-c2[nH]c3sc(C(C)(C)C(=O)N4C5CCC4CC5)cc3c2CCN2CCN(C3CCN(C)CC3)CC2)c1. The van der Waals surface area contributed by atoms with Crippen LogP contribution in [0.1, 0.15) is 73.9 Å². The van der Waals surface area contributed by atoms with E-state index in [0.29, 0.717) is 18.0 Å². The predicted octanol–water partition coefficient (Wildman–Crippen LogP) is 6.20. The van der Waals surface area contributed by atoms with Crippen LogP contribution in [-0.4, -0.2) is 101 Å². The molecule has 43 heavy (non-hydrogen) atoms. The van der Waals surface area contributed by atoms with Crippen LogP contribution in [0, 0.1) is 13.8 Å². The van der Waals surface area contributed by atoms with E-state index in [1.807, 2.05) is 0 Å². The summed E-state index contributed by atoms with van der Waals surface area (Å²) < 4.78 is 0. The monoisotopic (exact) mass is 601 g/mol. The van der Waals surface area contributed by atoms with Gasteiger partial charge in [-0.25, -0.2) is 0 Å². The Bertz CT molecular complexity index is 1430. The zero-order valence-corrected chi connectivity index (χ0v) is 27.9. The van der Waals surface area contributed by atoms with Crippen molar-refractivity contribution in [1.82, 2.24) is 24.6 Å². The lowest BCUT2D eigenvalue weighted by molar-refractivity contribution is -0.137. The fraction of sp³-hybridized carbons (Fsp3) is 0.639. The van der Waals surface area contributed by atoms with Crippen LogP contribution >= 0.6 is 11.3 Å². The van der Waals surface area contributed by atoms with E-state index >= 15 is 0 Å². The second-order valence-electron chi connectivity index (χ2n) is 14.7. The Morgan fingerprint density at radius 3 is 2.12 bits per heavy atom. The van der Waals surface area contributed by atoms with Crippen molar-refractivity contribution in [3.63, 3.8) is 0 Å². The summed E-state index contributed by atoms with van der Waals surface area (Å²) in [4.78, 5) is 30.4. The van der Waals surface area contributed by atoms with Crippen molar-refractivity contribution in [3.05, 3.63) is 45.8 Å². The number of H-pyrrole nitrogens is 1. The average molecular weight is 602 g/mol. The molecule has 1 N–H and O–H groups in total. The number of piperazine rings is 1. The highest BCUT2D eigenvalue weighted by Crippen LogP contribution is 2.44. The quantitative estimate of drug-likeness (QED) is 0.351. The molecular formula is C36H51N5OS. The van der Waals surface area contributed by atoms with Gasteiger partial charge in [0.05, 0.1) is 11.1 Å². The van der Waals surface area contributed by atoms with E-state index in [4.69, 9.17) is 0 Å². The number of carbonyl (C=O) groups excluding carboxylic acids is 1. The third kappa shape index (κ3) is 5.60. The topological polar surface area (TPSA) is 45.8 Å². The fourth-order valence-electron chi connectivity index (χ4n) is 8.62. The Morgan fingerprint density at radius 2 is 1.49 bits per heavy atom. The molecule has 0 saturated carbocycles. The smallest absolute Gasteiger partial charge is 0.233 e. The highest BCUT2D eigenvalue weighted by molar-refractivity contribution is 7.19. The second-order valence-corrected chi connectivity index (χ2v) is 15.7. The Morgan fingerprint density at radius 1 is 0.860 bits per heavy atom. The van der Waals surface area contributed by atoms with Crippen molar-refractivity contribution in [2.75, 3.05) is 52.9 Å². The van der Waals surface area contributed by atoms with Crippen molar-refractivity contribution in [1.29, 1.82) is 0 Å². The number of hydrogen-bond acceptors (Lipinski definition) is 5. The van der Waals surface area contributed by atoms with Crippen LogP contribution in [-0.2, 0) is 16.6 Å². The average Bonchev–Trinajstić information content (AvgIpc) is 3.76. The summed E-state index contributed by atoms with van der Waals surface area (Å²) in [7, 11) is 2.25. The molecule has 7 rings (SSSR count). The van der Waals surface area contributed by atoms with Crippen molar-refractivity contribution in [2.24, 2.45) is 0 Å². The first-order valence-corrected chi connectivity index (χ1v) is 17.7. The lowest BCUT2D eigenvalue weighted by Crippen LogP contribution is -2.53. The minimum atomic E-state index is -0.503. The number of carbonyl (C=O) groups is 1. The number of benzene rings is 1. The number of aromatic amines is 1. The standard InChI is InChI=1S/C36H51N5OS/c1-24-20-25(2)22-26(21-24)33-30(12-15-39-16-18-40(19-17-39)27-10-13-38(5)14-11-27)31-23-32(43-34(31)37-33)36(3,4)35(42)41-28-6-7-29(41)9-8-28/h20-23,27-29,37H,6-19H2,1-5H3. The number of hydrogen-bond donors (Lipinski definition) is 1. The largest absolute Gasteiger partial charge is 0.346 e. The number of aromatic nitrogens is 1. The first kappa shape index (κ1) is 29.5. The van der Waals surface area contributed by atoms with Crippen LogP contribution in [0.2, 0.25) is 0 Å². The van der Waals surface area contributed by atoms with Gasteiger partial charge in [-0.3, -0.25) is 9.69 Å². The van der Waals surface area contributed by atoms with E-state index < -0.39 is 5.41 Å². The van der Waals surface area contributed by atoms with Crippen LogP contribution < -0.4 is 0 Å². The number of rotatable bonds is 7.